The van der Waals surface area contributed by atoms with Gasteiger partial charge in [-0.15, -0.1) is 11.3 Å². The number of hydrogen-bond acceptors (Lipinski definition) is 5. The van der Waals surface area contributed by atoms with E-state index in [0.29, 0.717) is 35.5 Å². The predicted molar refractivity (Wildman–Crippen MR) is 122 cm³/mol. The third-order valence-electron chi connectivity index (χ3n) is 5.06. The van der Waals surface area contributed by atoms with Gasteiger partial charge in [-0.3, -0.25) is 9.48 Å². The van der Waals surface area contributed by atoms with E-state index in [0.717, 1.165) is 23.9 Å². The van der Waals surface area contributed by atoms with E-state index in [1.165, 1.54) is 15.3 Å². The SMILES string of the molecule is O=C(CCCc1cn(S(=O)(=O)c2cccs2)c2ccccc12)NCCCn1cccn1. The van der Waals surface area contributed by atoms with E-state index in [1.54, 1.807) is 29.9 Å². The second-order valence-corrected chi connectivity index (χ2v) is 10.2. The van der Waals surface area contributed by atoms with E-state index in [2.05, 4.69) is 10.4 Å². The summed E-state index contributed by atoms with van der Waals surface area (Å²) in [6, 6.07) is 12.7. The van der Waals surface area contributed by atoms with Gasteiger partial charge in [-0.25, -0.2) is 3.97 Å². The fraction of sp³-hybridized carbons (Fsp3) is 0.273. The molecule has 0 saturated carbocycles. The lowest BCUT2D eigenvalue weighted by atomic mass is 10.1. The number of fused-ring (bicyclic) bond motifs is 1. The Morgan fingerprint density at radius 2 is 1.97 bits per heavy atom. The van der Waals surface area contributed by atoms with Crippen LogP contribution in [0.25, 0.3) is 10.9 Å². The molecular formula is C22H24N4O3S2. The number of para-hydroxylation sites is 1. The van der Waals surface area contributed by atoms with Crippen LogP contribution in [0.3, 0.4) is 0 Å². The normalized spacial score (nSPS) is 11.7. The van der Waals surface area contributed by atoms with Crippen LogP contribution in [0.1, 0.15) is 24.8 Å². The molecule has 1 aromatic carbocycles. The molecule has 4 aromatic rings. The van der Waals surface area contributed by atoms with Crippen molar-refractivity contribution in [1.29, 1.82) is 0 Å². The standard InChI is InChI=1S/C22H24N4O3S2/c27-21(23-12-5-14-25-15-6-13-24-25)10-3-7-18-17-26(20-9-2-1-8-19(18)20)31(28,29)22-11-4-16-30-22/h1-2,4,6,8-9,11,13,15-17H,3,5,7,10,12,14H2,(H,23,27). The van der Waals surface area contributed by atoms with E-state index in [1.807, 2.05) is 41.2 Å². The summed E-state index contributed by atoms with van der Waals surface area (Å²) in [6.45, 7) is 1.38. The molecule has 3 aromatic heterocycles. The summed E-state index contributed by atoms with van der Waals surface area (Å²) in [5, 5.41) is 9.73. The molecule has 3 heterocycles. The van der Waals surface area contributed by atoms with Crippen LogP contribution < -0.4 is 5.32 Å². The summed E-state index contributed by atoms with van der Waals surface area (Å²) in [6.07, 6.45) is 7.84. The fourth-order valence-corrected chi connectivity index (χ4v) is 6.02. The Morgan fingerprint density at radius 3 is 2.74 bits per heavy atom. The van der Waals surface area contributed by atoms with Crippen LogP contribution in [0.2, 0.25) is 0 Å². The average Bonchev–Trinajstić information content (AvgIpc) is 3.53. The number of rotatable bonds is 10. The summed E-state index contributed by atoms with van der Waals surface area (Å²) in [4.78, 5) is 12.1. The molecule has 1 N–H and O–H groups in total. The van der Waals surface area contributed by atoms with Crippen LogP contribution in [0.4, 0.5) is 0 Å². The molecule has 1 amide bonds. The zero-order chi connectivity index (χ0) is 21.7. The molecule has 0 fully saturated rings. The van der Waals surface area contributed by atoms with Crippen LogP contribution in [0, 0.1) is 0 Å². The first kappa shape index (κ1) is 21.3. The van der Waals surface area contributed by atoms with Crippen LogP contribution in [-0.2, 0) is 27.8 Å². The molecule has 9 heteroatoms. The Hall–Kier alpha value is -2.91. The molecule has 0 spiro atoms. The zero-order valence-electron chi connectivity index (χ0n) is 17.0. The Balaban J connectivity index is 1.36. The number of amides is 1. The van der Waals surface area contributed by atoms with Gasteiger partial charge in [0.05, 0.1) is 5.52 Å². The number of hydrogen-bond donors (Lipinski definition) is 1. The lowest BCUT2D eigenvalue weighted by Gasteiger charge is -2.05. The molecule has 0 aliphatic carbocycles. The predicted octanol–water partition coefficient (Wildman–Crippen LogP) is 3.67. The van der Waals surface area contributed by atoms with Crippen molar-refractivity contribution in [3.63, 3.8) is 0 Å². The molecule has 0 bridgehead atoms. The van der Waals surface area contributed by atoms with Crippen molar-refractivity contribution >= 4 is 38.2 Å². The maximum absolute atomic E-state index is 13.0. The summed E-state index contributed by atoms with van der Waals surface area (Å²) in [7, 11) is -3.63. The van der Waals surface area contributed by atoms with Crippen molar-refractivity contribution in [3.8, 4) is 0 Å². The number of carbonyl (C=O) groups is 1. The lowest BCUT2D eigenvalue weighted by Crippen LogP contribution is -2.25. The molecule has 31 heavy (non-hydrogen) atoms. The number of carbonyl (C=O) groups excluding carboxylic acids is 1. The van der Waals surface area contributed by atoms with E-state index in [4.69, 9.17) is 0 Å². The molecule has 0 aliphatic rings. The Morgan fingerprint density at radius 1 is 1.10 bits per heavy atom. The zero-order valence-corrected chi connectivity index (χ0v) is 18.6. The minimum absolute atomic E-state index is 0.00964. The number of aromatic nitrogens is 3. The molecule has 0 radical (unpaired) electrons. The number of nitrogens with one attached hydrogen (secondary N) is 1. The molecule has 7 nitrogen and oxygen atoms in total. The van der Waals surface area contributed by atoms with E-state index in [9.17, 15) is 13.2 Å². The van der Waals surface area contributed by atoms with Crippen molar-refractivity contribution in [1.82, 2.24) is 19.1 Å². The van der Waals surface area contributed by atoms with Gasteiger partial charge in [-0.2, -0.15) is 13.5 Å². The largest absolute Gasteiger partial charge is 0.356 e. The highest BCUT2D eigenvalue weighted by Crippen LogP contribution is 2.28. The van der Waals surface area contributed by atoms with Gasteiger partial charge in [0.1, 0.15) is 4.21 Å². The fourth-order valence-electron chi connectivity index (χ4n) is 3.55. The van der Waals surface area contributed by atoms with Crippen LogP contribution in [-0.4, -0.2) is 34.6 Å². The van der Waals surface area contributed by atoms with Gasteiger partial charge in [0.2, 0.25) is 5.91 Å². The van der Waals surface area contributed by atoms with Crippen molar-refractivity contribution in [3.05, 3.63) is 72.0 Å². The first-order valence-electron chi connectivity index (χ1n) is 10.2. The highest BCUT2D eigenvalue weighted by Gasteiger charge is 2.21. The monoisotopic (exact) mass is 456 g/mol. The van der Waals surface area contributed by atoms with E-state index < -0.39 is 10.0 Å². The Bertz CT molecular complexity index is 1240. The quantitative estimate of drug-likeness (QED) is 0.369. The molecular weight excluding hydrogens is 432 g/mol. The molecule has 0 unspecified atom stereocenters. The highest BCUT2D eigenvalue weighted by molar-refractivity contribution is 7.92. The van der Waals surface area contributed by atoms with Gasteiger partial charge in [-0.05, 0) is 48.4 Å². The second kappa shape index (κ2) is 9.49. The van der Waals surface area contributed by atoms with Gasteiger partial charge in [0.15, 0.2) is 0 Å². The average molecular weight is 457 g/mol. The van der Waals surface area contributed by atoms with Gasteiger partial charge in [0.25, 0.3) is 10.0 Å². The number of nitrogens with zero attached hydrogens (tertiary/aromatic N) is 3. The summed E-state index contributed by atoms with van der Waals surface area (Å²) >= 11 is 1.21. The van der Waals surface area contributed by atoms with E-state index in [-0.39, 0.29) is 5.91 Å². The molecule has 0 aliphatic heterocycles. The third kappa shape index (κ3) is 4.88. The van der Waals surface area contributed by atoms with E-state index >= 15 is 0 Å². The van der Waals surface area contributed by atoms with Crippen LogP contribution >= 0.6 is 11.3 Å². The number of benzene rings is 1. The van der Waals surface area contributed by atoms with Crippen molar-refractivity contribution in [2.75, 3.05) is 6.54 Å². The topological polar surface area (TPSA) is 86.0 Å². The van der Waals surface area contributed by atoms with Gasteiger partial charge in [0, 0.05) is 43.5 Å². The summed E-state index contributed by atoms with van der Waals surface area (Å²) in [5.74, 6) is 0.00964. The third-order valence-corrected chi connectivity index (χ3v) is 8.11. The van der Waals surface area contributed by atoms with Crippen molar-refractivity contribution in [2.24, 2.45) is 0 Å². The molecule has 162 valence electrons. The number of aryl methyl sites for hydroxylation is 2. The highest BCUT2D eigenvalue weighted by atomic mass is 32.2. The van der Waals surface area contributed by atoms with Crippen molar-refractivity contribution in [2.45, 2.75) is 36.4 Å². The lowest BCUT2D eigenvalue weighted by molar-refractivity contribution is -0.121. The summed E-state index contributed by atoms with van der Waals surface area (Å²) in [5.41, 5.74) is 1.59. The second-order valence-electron chi connectivity index (χ2n) is 7.23. The number of thiophene rings is 1. The maximum Gasteiger partial charge on any atom is 0.277 e. The van der Waals surface area contributed by atoms with Gasteiger partial charge in [-0.1, -0.05) is 24.3 Å². The Labute approximate surface area is 185 Å². The summed E-state index contributed by atoms with van der Waals surface area (Å²) < 4.78 is 29.6. The van der Waals surface area contributed by atoms with Crippen LogP contribution in [0.5, 0.6) is 0 Å². The molecule has 4 rings (SSSR count). The minimum atomic E-state index is -3.63. The van der Waals surface area contributed by atoms with Crippen LogP contribution in [0.15, 0.2) is 70.6 Å². The first-order valence-corrected chi connectivity index (χ1v) is 12.5. The molecule has 0 atom stereocenters. The minimum Gasteiger partial charge on any atom is -0.356 e. The maximum atomic E-state index is 13.0. The smallest absolute Gasteiger partial charge is 0.277 e. The first-order chi connectivity index (χ1) is 15.1. The Kier molecular flexibility index (Phi) is 6.53. The van der Waals surface area contributed by atoms with Gasteiger partial charge >= 0.3 is 0 Å². The molecule has 0 saturated heterocycles. The van der Waals surface area contributed by atoms with Crippen molar-refractivity contribution < 1.29 is 13.2 Å². The van der Waals surface area contributed by atoms with Gasteiger partial charge < -0.3 is 5.32 Å².